The highest BCUT2D eigenvalue weighted by molar-refractivity contribution is 7.92. The van der Waals surface area contributed by atoms with Crippen molar-refractivity contribution in [1.82, 2.24) is 4.90 Å². The molecule has 0 saturated carbocycles. The van der Waals surface area contributed by atoms with Crippen LogP contribution in [-0.4, -0.2) is 32.4 Å². The van der Waals surface area contributed by atoms with Crippen LogP contribution in [0.1, 0.15) is 17.5 Å². The zero-order chi connectivity index (χ0) is 23.4. The second-order valence-electron chi connectivity index (χ2n) is 7.58. The average Bonchev–Trinajstić information content (AvgIpc) is 2.81. The van der Waals surface area contributed by atoms with Crippen molar-refractivity contribution in [1.29, 1.82) is 5.26 Å². The van der Waals surface area contributed by atoms with Crippen LogP contribution in [0.5, 0.6) is 0 Å². The molecule has 3 aromatic rings. The summed E-state index contributed by atoms with van der Waals surface area (Å²) in [6.07, 6.45) is 0.763. The number of nitrogens with one attached hydrogen (secondary N) is 1. The quantitative estimate of drug-likeness (QED) is 0.588. The van der Waals surface area contributed by atoms with Gasteiger partial charge in [-0.15, -0.1) is 0 Å². The maximum absolute atomic E-state index is 13.1. The summed E-state index contributed by atoms with van der Waals surface area (Å²) in [5.74, 6) is -0.519. The highest BCUT2D eigenvalue weighted by Gasteiger charge is 2.27. The normalized spacial score (nSPS) is 14.1. The van der Waals surface area contributed by atoms with Gasteiger partial charge >= 0.3 is 6.03 Å². The van der Waals surface area contributed by atoms with Crippen LogP contribution < -0.4 is 9.62 Å². The zero-order valence-corrected chi connectivity index (χ0v) is 18.4. The van der Waals surface area contributed by atoms with Gasteiger partial charge in [0.25, 0.3) is 10.0 Å². The van der Waals surface area contributed by atoms with Gasteiger partial charge in [0.05, 0.1) is 16.5 Å². The molecule has 2 amide bonds. The van der Waals surface area contributed by atoms with E-state index in [1.54, 1.807) is 46.2 Å². The first kappa shape index (κ1) is 22.3. The van der Waals surface area contributed by atoms with Crippen LogP contribution in [0.4, 0.5) is 20.6 Å². The van der Waals surface area contributed by atoms with Crippen molar-refractivity contribution in [2.24, 2.45) is 0 Å². The molecule has 1 heterocycles. The van der Waals surface area contributed by atoms with Gasteiger partial charge < -0.3 is 4.90 Å². The number of amides is 2. The van der Waals surface area contributed by atoms with E-state index in [1.807, 2.05) is 12.1 Å². The van der Waals surface area contributed by atoms with Crippen LogP contribution in [0, 0.1) is 17.1 Å². The third kappa shape index (κ3) is 4.96. The molecule has 1 N–H and O–H groups in total. The number of rotatable bonds is 6. The Labute approximate surface area is 191 Å². The van der Waals surface area contributed by atoms with Crippen LogP contribution in [0.15, 0.2) is 77.7 Å². The molecule has 168 valence electrons. The molecule has 0 aromatic heterocycles. The first-order chi connectivity index (χ1) is 15.9. The molecule has 0 atom stereocenters. The number of benzene rings is 3. The van der Waals surface area contributed by atoms with E-state index >= 15 is 0 Å². The fraction of sp³-hybridized carbons (Fsp3) is 0.167. The molecule has 33 heavy (non-hydrogen) atoms. The molecule has 0 unspecified atom stereocenters. The number of urea groups is 1. The number of hydrogen-bond acceptors (Lipinski definition) is 4. The lowest BCUT2D eigenvalue weighted by Crippen LogP contribution is -2.49. The van der Waals surface area contributed by atoms with Gasteiger partial charge in [-0.05, 0) is 66.6 Å². The van der Waals surface area contributed by atoms with Gasteiger partial charge in [-0.3, -0.25) is 9.62 Å². The number of carbonyl (C=O) groups is 1. The van der Waals surface area contributed by atoms with E-state index in [4.69, 9.17) is 0 Å². The number of hydrogen-bond donors (Lipinski definition) is 1. The third-order valence-electron chi connectivity index (χ3n) is 5.37. The fourth-order valence-electron chi connectivity index (χ4n) is 3.68. The highest BCUT2D eigenvalue weighted by Crippen LogP contribution is 2.25. The van der Waals surface area contributed by atoms with Crippen molar-refractivity contribution in [3.8, 4) is 6.07 Å². The lowest BCUT2D eigenvalue weighted by atomic mass is 10.1. The minimum Gasteiger partial charge on any atom is -0.320 e. The van der Waals surface area contributed by atoms with Crippen molar-refractivity contribution in [3.63, 3.8) is 0 Å². The number of nitriles is 1. The molecule has 7 nitrogen and oxygen atoms in total. The summed E-state index contributed by atoms with van der Waals surface area (Å²) in [7, 11) is -3.86. The molecule has 0 bridgehead atoms. The maximum atomic E-state index is 13.1. The second-order valence-corrected chi connectivity index (χ2v) is 9.27. The molecule has 1 aliphatic rings. The number of carbonyl (C=O) groups excluding carboxylic acids is 1. The Hall–Kier alpha value is -3.90. The van der Waals surface area contributed by atoms with E-state index in [2.05, 4.69) is 10.8 Å². The van der Waals surface area contributed by atoms with Gasteiger partial charge in [0.15, 0.2) is 0 Å². The first-order valence-electron chi connectivity index (χ1n) is 10.3. The Morgan fingerprint density at radius 3 is 2.36 bits per heavy atom. The summed E-state index contributed by atoms with van der Waals surface area (Å²) in [6.45, 7) is 1.47. The molecule has 1 fully saturated rings. The van der Waals surface area contributed by atoms with Crippen molar-refractivity contribution in [3.05, 3.63) is 89.7 Å². The van der Waals surface area contributed by atoms with Gasteiger partial charge in [-0.25, -0.2) is 17.6 Å². The molecule has 4 rings (SSSR count). The summed E-state index contributed by atoms with van der Waals surface area (Å²) in [5, 5.41) is 9.31. The topological polar surface area (TPSA) is 93.5 Å². The van der Waals surface area contributed by atoms with E-state index in [0.717, 1.165) is 24.1 Å². The standard InChI is InChI=1S/C24H21FN4O3S/c25-20-6-12-23(13-7-20)33(31,32)27-21-8-10-22(11-9-21)29-15-3-14-28(24(29)30)17-19-5-2-1-4-18(19)16-26/h1-2,4-13,27H,3,14-15,17H2. The molecule has 0 spiro atoms. The van der Waals surface area contributed by atoms with Gasteiger partial charge in [-0.2, -0.15) is 5.26 Å². The Morgan fingerprint density at radius 2 is 1.67 bits per heavy atom. The number of nitrogens with zero attached hydrogens (tertiary/aromatic N) is 3. The molecule has 9 heteroatoms. The first-order valence-corrected chi connectivity index (χ1v) is 11.8. The van der Waals surface area contributed by atoms with E-state index in [9.17, 15) is 22.9 Å². The smallest absolute Gasteiger partial charge is 0.320 e. The van der Waals surface area contributed by atoms with Gasteiger partial charge in [0.1, 0.15) is 5.82 Å². The van der Waals surface area contributed by atoms with Crippen molar-refractivity contribution < 1.29 is 17.6 Å². The third-order valence-corrected chi connectivity index (χ3v) is 6.76. The van der Waals surface area contributed by atoms with E-state index in [-0.39, 0.29) is 10.9 Å². The summed E-state index contributed by atoms with van der Waals surface area (Å²) >= 11 is 0. The van der Waals surface area contributed by atoms with Crippen molar-refractivity contribution in [2.75, 3.05) is 22.7 Å². The predicted molar refractivity (Wildman–Crippen MR) is 123 cm³/mol. The lowest BCUT2D eigenvalue weighted by Gasteiger charge is -2.36. The summed E-state index contributed by atoms with van der Waals surface area (Å²) in [4.78, 5) is 16.4. The van der Waals surface area contributed by atoms with Crippen molar-refractivity contribution >= 4 is 27.4 Å². The molecular formula is C24H21FN4O3S. The van der Waals surface area contributed by atoms with E-state index in [0.29, 0.717) is 36.6 Å². The van der Waals surface area contributed by atoms with E-state index < -0.39 is 15.8 Å². The van der Waals surface area contributed by atoms with Crippen LogP contribution in [-0.2, 0) is 16.6 Å². The lowest BCUT2D eigenvalue weighted by molar-refractivity contribution is 0.192. The Balaban J connectivity index is 1.47. The van der Waals surface area contributed by atoms with Crippen LogP contribution in [0.25, 0.3) is 0 Å². The second kappa shape index (κ2) is 9.30. The van der Waals surface area contributed by atoms with Gasteiger partial charge in [0.2, 0.25) is 0 Å². The summed E-state index contributed by atoms with van der Waals surface area (Å²) in [5.41, 5.74) is 2.30. The Morgan fingerprint density at radius 1 is 0.970 bits per heavy atom. The minimum atomic E-state index is -3.86. The molecule has 3 aromatic carbocycles. The average molecular weight is 465 g/mol. The Kier molecular flexibility index (Phi) is 6.29. The van der Waals surface area contributed by atoms with Crippen LogP contribution in [0.3, 0.4) is 0 Å². The van der Waals surface area contributed by atoms with Gasteiger partial charge in [-0.1, -0.05) is 18.2 Å². The SMILES string of the molecule is N#Cc1ccccc1CN1CCCN(c2ccc(NS(=O)(=O)c3ccc(F)cc3)cc2)C1=O. The van der Waals surface area contributed by atoms with Crippen LogP contribution in [0.2, 0.25) is 0 Å². The number of halogens is 1. The number of sulfonamides is 1. The van der Waals surface area contributed by atoms with Crippen LogP contribution >= 0.6 is 0 Å². The summed E-state index contributed by atoms with van der Waals surface area (Å²) < 4.78 is 40.5. The molecule has 1 aliphatic heterocycles. The van der Waals surface area contributed by atoms with Gasteiger partial charge in [0, 0.05) is 31.0 Å². The fourth-order valence-corrected chi connectivity index (χ4v) is 4.74. The van der Waals surface area contributed by atoms with E-state index in [1.165, 1.54) is 12.1 Å². The molecule has 1 saturated heterocycles. The predicted octanol–water partition coefficient (Wildman–Crippen LogP) is 4.33. The maximum Gasteiger partial charge on any atom is 0.324 e. The molecular weight excluding hydrogens is 443 g/mol. The number of anilines is 2. The Bertz CT molecular complexity index is 1300. The summed E-state index contributed by atoms with van der Waals surface area (Å²) in [6, 6.07) is 20.2. The molecule has 0 aliphatic carbocycles. The highest BCUT2D eigenvalue weighted by atomic mass is 32.2. The monoisotopic (exact) mass is 464 g/mol. The van der Waals surface area contributed by atoms with Crippen molar-refractivity contribution in [2.45, 2.75) is 17.9 Å². The largest absolute Gasteiger partial charge is 0.324 e. The minimum absolute atomic E-state index is 0.0486. The zero-order valence-electron chi connectivity index (χ0n) is 17.6. The molecule has 0 radical (unpaired) electrons.